The van der Waals surface area contributed by atoms with Crippen LogP contribution in [0.4, 0.5) is 5.69 Å². The van der Waals surface area contributed by atoms with Crippen molar-refractivity contribution in [3.8, 4) is 0 Å². The van der Waals surface area contributed by atoms with Crippen LogP contribution in [-0.4, -0.2) is 110 Å². The molecule has 242 valence electrons. The lowest BCUT2D eigenvalue weighted by molar-refractivity contribution is -0.147. The maximum atomic E-state index is 12.3. The van der Waals surface area contributed by atoms with E-state index in [2.05, 4.69) is 21.3 Å². The van der Waals surface area contributed by atoms with Crippen molar-refractivity contribution in [1.29, 1.82) is 0 Å². The molecule has 1 aromatic heterocycles. The van der Waals surface area contributed by atoms with Crippen LogP contribution >= 0.6 is 0 Å². The Morgan fingerprint density at radius 3 is 2.23 bits per heavy atom. The molecule has 16 nitrogen and oxygen atoms in total. The van der Waals surface area contributed by atoms with Gasteiger partial charge in [-0.2, -0.15) is 0 Å². The van der Waals surface area contributed by atoms with E-state index in [-0.39, 0.29) is 89.1 Å². The zero-order chi connectivity index (χ0) is 32.5. The van der Waals surface area contributed by atoms with E-state index < -0.39 is 23.8 Å². The Balaban J connectivity index is 1.43. The molecule has 0 spiro atoms. The number of carbonyl (C=O) groups is 7. The van der Waals surface area contributed by atoms with Gasteiger partial charge in [0.2, 0.25) is 17.7 Å². The summed E-state index contributed by atoms with van der Waals surface area (Å²) < 4.78 is 17.4. The average Bonchev–Trinajstić information content (AvgIpc) is 3.49. The SMILES string of the molecule is CC(=O)Nc1cc(C(=O)NCCCOC(=O)[C@H](C)NC(=O)CCOCCOCCNC(=O)CCN2C(=O)C=CC2=O)n(C)c1. The van der Waals surface area contributed by atoms with Crippen LogP contribution in [0.15, 0.2) is 24.4 Å². The van der Waals surface area contributed by atoms with Gasteiger partial charge in [0, 0.05) is 64.8 Å². The summed E-state index contributed by atoms with van der Waals surface area (Å²) in [6, 6.07) is 0.693. The Labute approximate surface area is 254 Å². The highest BCUT2D eigenvalue weighted by Crippen LogP contribution is 2.12. The Kier molecular flexibility index (Phi) is 15.3. The summed E-state index contributed by atoms with van der Waals surface area (Å²) in [5.41, 5.74) is 0.874. The molecular weight excluding hydrogens is 580 g/mol. The highest BCUT2D eigenvalue weighted by Gasteiger charge is 2.23. The highest BCUT2D eigenvalue weighted by molar-refractivity contribution is 6.13. The van der Waals surface area contributed by atoms with Crippen molar-refractivity contribution in [3.63, 3.8) is 0 Å². The number of nitrogens with one attached hydrogen (secondary N) is 4. The Morgan fingerprint density at radius 1 is 0.864 bits per heavy atom. The zero-order valence-corrected chi connectivity index (χ0v) is 25.1. The second kappa shape index (κ2) is 18.9. The molecule has 16 heteroatoms. The first-order valence-corrected chi connectivity index (χ1v) is 14.1. The Hall–Kier alpha value is -4.57. The number of hydrogen-bond acceptors (Lipinski definition) is 10. The molecule has 44 heavy (non-hydrogen) atoms. The minimum absolute atomic E-state index is 0.000132. The Morgan fingerprint density at radius 2 is 1.55 bits per heavy atom. The van der Waals surface area contributed by atoms with Gasteiger partial charge < -0.3 is 40.0 Å². The third-order valence-corrected chi connectivity index (χ3v) is 6.02. The molecule has 0 fully saturated rings. The third-order valence-electron chi connectivity index (χ3n) is 6.02. The first-order chi connectivity index (χ1) is 21.0. The van der Waals surface area contributed by atoms with Crippen molar-refractivity contribution in [2.24, 2.45) is 7.05 Å². The van der Waals surface area contributed by atoms with Gasteiger partial charge in [-0.3, -0.25) is 33.7 Å². The van der Waals surface area contributed by atoms with Crippen LogP contribution in [0.2, 0.25) is 0 Å². The molecule has 0 bridgehead atoms. The normalized spacial score (nSPS) is 13.0. The van der Waals surface area contributed by atoms with E-state index in [1.165, 1.54) is 13.8 Å². The fraction of sp³-hybridized carbons (Fsp3) is 0.536. The summed E-state index contributed by atoms with van der Waals surface area (Å²) in [6.07, 6.45) is 4.34. The van der Waals surface area contributed by atoms with E-state index in [0.29, 0.717) is 17.8 Å². The van der Waals surface area contributed by atoms with Crippen molar-refractivity contribution < 1.29 is 47.8 Å². The van der Waals surface area contributed by atoms with Gasteiger partial charge >= 0.3 is 5.97 Å². The summed E-state index contributed by atoms with van der Waals surface area (Å²) in [7, 11) is 1.68. The lowest BCUT2D eigenvalue weighted by Gasteiger charge is -2.14. The van der Waals surface area contributed by atoms with Crippen molar-refractivity contribution >= 4 is 47.1 Å². The summed E-state index contributed by atoms with van der Waals surface area (Å²) in [6.45, 7) is 4.26. The first kappa shape index (κ1) is 35.6. The number of anilines is 1. The largest absolute Gasteiger partial charge is 0.464 e. The van der Waals surface area contributed by atoms with Crippen LogP contribution in [0.5, 0.6) is 0 Å². The number of nitrogens with zero attached hydrogens (tertiary/aromatic N) is 2. The smallest absolute Gasteiger partial charge is 0.328 e. The van der Waals surface area contributed by atoms with E-state index >= 15 is 0 Å². The van der Waals surface area contributed by atoms with E-state index in [0.717, 1.165) is 17.1 Å². The van der Waals surface area contributed by atoms with Gasteiger partial charge in [-0.1, -0.05) is 0 Å². The van der Waals surface area contributed by atoms with E-state index in [1.807, 2.05) is 0 Å². The van der Waals surface area contributed by atoms with Crippen molar-refractivity contribution in [3.05, 3.63) is 30.1 Å². The third kappa shape index (κ3) is 13.2. The van der Waals surface area contributed by atoms with E-state index in [1.54, 1.807) is 23.9 Å². The molecule has 1 aliphatic heterocycles. The first-order valence-electron chi connectivity index (χ1n) is 14.1. The van der Waals surface area contributed by atoms with Gasteiger partial charge in [-0.05, 0) is 19.4 Å². The Bertz CT molecular complexity index is 1210. The molecule has 0 radical (unpaired) electrons. The molecule has 0 aliphatic carbocycles. The van der Waals surface area contributed by atoms with Crippen LogP contribution in [0.3, 0.4) is 0 Å². The van der Waals surface area contributed by atoms with Gasteiger partial charge in [0.15, 0.2) is 0 Å². The second-order valence-electron chi connectivity index (χ2n) is 9.71. The molecule has 0 saturated heterocycles. The number of amides is 6. The maximum Gasteiger partial charge on any atom is 0.328 e. The zero-order valence-electron chi connectivity index (χ0n) is 25.1. The molecule has 1 atom stereocenters. The molecule has 2 heterocycles. The molecule has 1 aliphatic rings. The topological polar surface area (TPSA) is 203 Å². The lowest BCUT2D eigenvalue weighted by Crippen LogP contribution is -2.40. The number of imide groups is 1. The lowest BCUT2D eigenvalue weighted by atomic mass is 10.3. The molecule has 4 N–H and O–H groups in total. The monoisotopic (exact) mass is 620 g/mol. The van der Waals surface area contributed by atoms with E-state index in [9.17, 15) is 33.6 Å². The van der Waals surface area contributed by atoms with Crippen LogP contribution in [0.1, 0.15) is 43.6 Å². The minimum atomic E-state index is -0.862. The quantitative estimate of drug-likeness (QED) is 0.0796. The van der Waals surface area contributed by atoms with E-state index in [4.69, 9.17) is 14.2 Å². The van der Waals surface area contributed by atoms with Gasteiger partial charge in [0.05, 0.1) is 38.7 Å². The number of aryl methyl sites for hydroxylation is 1. The van der Waals surface area contributed by atoms with Gasteiger partial charge in [-0.25, -0.2) is 4.79 Å². The molecular formula is C28H40N6O10. The summed E-state index contributed by atoms with van der Waals surface area (Å²) in [5.74, 6) is -2.75. The number of ether oxygens (including phenoxy) is 3. The van der Waals surface area contributed by atoms with Crippen molar-refractivity contribution in [2.45, 2.75) is 39.2 Å². The fourth-order valence-corrected chi connectivity index (χ4v) is 3.80. The molecule has 6 amide bonds. The van der Waals surface area contributed by atoms with Crippen LogP contribution < -0.4 is 21.3 Å². The number of carbonyl (C=O) groups excluding carboxylic acids is 7. The number of esters is 1. The summed E-state index contributed by atoms with van der Waals surface area (Å²) in [4.78, 5) is 83.3. The number of hydrogen-bond donors (Lipinski definition) is 4. The molecule has 0 aromatic carbocycles. The van der Waals surface area contributed by atoms with Crippen LogP contribution in [0, 0.1) is 0 Å². The molecule has 0 saturated carbocycles. The van der Waals surface area contributed by atoms with Crippen molar-refractivity contribution in [1.82, 2.24) is 25.4 Å². The molecule has 0 unspecified atom stereocenters. The van der Waals surface area contributed by atoms with Gasteiger partial charge in [-0.15, -0.1) is 0 Å². The van der Waals surface area contributed by atoms with Crippen molar-refractivity contribution in [2.75, 3.05) is 58.0 Å². The summed E-state index contributed by atoms with van der Waals surface area (Å²) >= 11 is 0. The van der Waals surface area contributed by atoms with Crippen LogP contribution in [0.25, 0.3) is 0 Å². The second-order valence-corrected chi connectivity index (χ2v) is 9.71. The standard InChI is InChI=1S/C28H40N6O10/c1-19(28(41)44-12-4-9-30-27(40)22-17-21(18-33(22)3)32-20(2)35)31-24(37)8-13-42-15-16-43-14-10-29-23(36)7-11-34-25(38)5-6-26(34)39/h5-6,17-19H,4,7-16H2,1-3H3,(H,29,36)(H,30,40)(H,31,37)(H,32,35)/t19-/m0/s1. The van der Waals surface area contributed by atoms with Crippen LogP contribution in [-0.2, 0) is 50.0 Å². The minimum Gasteiger partial charge on any atom is -0.464 e. The van der Waals surface area contributed by atoms with Gasteiger partial charge in [0.25, 0.3) is 17.7 Å². The molecule has 2 rings (SSSR count). The highest BCUT2D eigenvalue weighted by atomic mass is 16.5. The number of aromatic nitrogens is 1. The van der Waals surface area contributed by atoms with Gasteiger partial charge in [0.1, 0.15) is 11.7 Å². The predicted octanol–water partition coefficient (Wildman–Crippen LogP) is -0.994. The summed E-state index contributed by atoms with van der Waals surface area (Å²) in [5, 5.41) is 10.5. The number of rotatable bonds is 20. The predicted molar refractivity (Wildman–Crippen MR) is 155 cm³/mol. The average molecular weight is 621 g/mol. The fourth-order valence-electron chi connectivity index (χ4n) is 3.80. The maximum absolute atomic E-state index is 12.3. The molecule has 1 aromatic rings.